The number of halogens is 2. The first-order chi connectivity index (χ1) is 12.4. The van der Waals surface area contributed by atoms with Gasteiger partial charge in [0.25, 0.3) is 0 Å². The minimum atomic E-state index is -3.66. The van der Waals surface area contributed by atoms with Gasteiger partial charge in [-0.3, -0.25) is 4.79 Å². The van der Waals surface area contributed by atoms with Crippen molar-refractivity contribution in [1.29, 1.82) is 0 Å². The fourth-order valence-corrected chi connectivity index (χ4v) is 4.25. The first kappa shape index (κ1) is 23.8. The molecule has 1 aromatic rings. The zero-order valence-electron chi connectivity index (χ0n) is 15.6. The van der Waals surface area contributed by atoms with Crippen LogP contribution in [0.3, 0.4) is 0 Å². The van der Waals surface area contributed by atoms with Crippen LogP contribution >= 0.6 is 12.4 Å². The van der Waals surface area contributed by atoms with Gasteiger partial charge in [0, 0.05) is 26.6 Å². The highest BCUT2D eigenvalue weighted by Gasteiger charge is 2.20. The smallest absolute Gasteiger partial charge is 0.242 e. The van der Waals surface area contributed by atoms with E-state index in [1.54, 1.807) is 0 Å². The summed E-state index contributed by atoms with van der Waals surface area (Å²) in [5.74, 6) is 0.0877. The highest BCUT2D eigenvalue weighted by molar-refractivity contribution is 7.89. The van der Waals surface area contributed by atoms with Gasteiger partial charge in [0.05, 0.1) is 4.90 Å². The molecule has 0 spiro atoms. The molecule has 27 heavy (non-hydrogen) atoms. The quantitative estimate of drug-likeness (QED) is 0.640. The number of nitrogens with one attached hydrogen (secondary N) is 2. The third-order valence-electron chi connectivity index (χ3n) is 4.67. The van der Waals surface area contributed by atoms with Crippen molar-refractivity contribution in [3.8, 4) is 0 Å². The van der Waals surface area contributed by atoms with Crippen LogP contribution in [0.25, 0.3) is 0 Å². The molecular formula is C18H29ClFN3O3S. The molecule has 0 radical (unpaired) electrons. The standard InChI is InChI=1S/C18H28FN3O3S.ClH/c1-22(26(24,25)17-8-6-16(19)7-9-17)13-3-5-18(23)21-12-10-15-4-2-11-20-14-15;/h6-9,15,20H,2-5,10-14H2,1H3,(H,21,23);1H. The fraction of sp³-hybridized carbons (Fsp3) is 0.611. The molecule has 1 unspecified atom stereocenters. The predicted molar refractivity (Wildman–Crippen MR) is 106 cm³/mol. The number of hydrogen-bond donors (Lipinski definition) is 2. The van der Waals surface area contributed by atoms with E-state index in [1.165, 1.54) is 36.3 Å². The summed E-state index contributed by atoms with van der Waals surface area (Å²) in [7, 11) is -2.19. The Morgan fingerprint density at radius 2 is 2.04 bits per heavy atom. The molecule has 1 aliphatic rings. The molecule has 9 heteroatoms. The lowest BCUT2D eigenvalue weighted by atomic mass is 9.96. The van der Waals surface area contributed by atoms with Crippen molar-refractivity contribution in [2.75, 3.05) is 33.2 Å². The number of hydrogen-bond acceptors (Lipinski definition) is 4. The second kappa shape index (κ2) is 11.6. The summed E-state index contributed by atoms with van der Waals surface area (Å²) in [6.07, 6.45) is 4.08. The number of rotatable bonds is 9. The van der Waals surface area contributed by atoms with Gasteiger partial charge in [0.1, 0.15) is 5.82 Å². The Morgan fingerprint density at radius 1 is 1.33 bits per heavy atom. The van der Waals surface area contributed by atoms with E-state index in [0.29, 0.717) is 18.9 Å². The lowest BCUT2D eigenvalue weighted by Gasteiger charge is -2.22. The van der Waals surface area contributed by atoms with Crippen LogP contribution < -0.4 is 10.6 Å². The van der Waals surface area contributed by atoms with Crippen molar-refractivity contribution < 1.29 is 17.6 Å². The Labute approximate surface area is 167 Å². The van der Waals surface area contributed by atoms with E-state index in [9.17, 15) is 17.6 Å². The summed E-state index contributed by atoms with van der Waals surface area (Å²) in [4.78, 5) is 11.9. The SMILES string of the molecule is CN(CCCC(=O)NCCC1CCCNC1)S(=O)(=O)c1ccc(F)cc1.Cl. The van der Waals surface area contributed by atoms with Gasteiger partial charge in [-0.2, -0.15) is 0 Å². The maximum absolute atomic E-state index is 12.9. The molecule has 1 atom stereocenters. The first-order valence-electron chi connectivity index (χ1n) is 9.09. The van der Waals surface area contributed by atoms with Crippen molar-refractivity contribution >= 4 is 28.3 Å². The largest absolute Gasteiger partial charge is 0.356 e. The van der Waals surface area contributed by atoms with E-state index in [-0.39, 0.29) is 36.2 Å². The molecule has 0 aliphatic carbocycles. The van der Waals surface area contributed by atoms with Gasteiger partial charge >= 0.3 is 0 Å². The number of sulfonamides is 1. The molecule has 1 aromatic carbocycles. The van der Waals surface area contributed by atoms with Gasteiger partial charge in [-0.1, -0.05) is 0 Å². The first-order valence-corrected chi connectivity index (χ1v) is 10.5. The Balaban J connectivity index is 0.00000364. The van der Waals surface area contributed by atoms with E-state index in [2.05, 4.69) is 10.6 Å². The second-order valence-electron chi connectivity index (χ2n) is 6.74. The molecule has 1 saturated heterocycles. The van der Waals surface area contributed by atoms with Crippen LogP contribution in [0.2, 0.25) is 0 Å². The lowest BCUT2D eigenvalue weighted by molar-refractivity contribution is -0.121. The molecule has 0 bridgehead atoms. The zero-order chi connectivity index (χ0) is 19.0. The molecule has 2 rings (SSSR count). The normalized spacial score (nSPS) is 17.4. The average molecular weight is 422 g/mol. The van der Waals surface area contributed by atoms with Gasteiger partial charge < -0.3 is 10.6 Å². The fourth-order valence-electron chi connectivity index (χ4n) is 3.04. The van der Waals surface area contributed by atoms with E-state index >= 15 is 0 Å². The lowest BCUT2D eigenvalue weighted by Crippen LogP contribution is -2.33. The van der Waals surface area contributed by atoms with Gasteiger partial charge in [0.2, 0.25) is 15.9 Å². The van der Waals surface area contributed by atoms with Crippen LogP contribution in [0.1, 0.15) is 32.1 Å². The Kier molecular flexibility index (Phi) is 10.2. The number of carbonyl (C=O) groups is 1. The molecule has 6 nitrogen and oxygen atoms in total. The number of benzene rings is 1. The highest BCUT2D eigenvalue weighted by Crippen LogP contribution is 2.15. The van der Waals surface area contributed by atoms with E-state index in [0.717, 1.165) is 31.6 Å². The Hall–Kier alpha value is -1.22. The van der Waals surface area contributed by atoms with Crippen molar-refractivity contribution in [2.24, 2.45) is 5.92 Å². The monoisotopic (exact) mass is 421 g/mol. The molecule has 0 aromatic heterocycles. The number of amides is 1. The second-order valence-corrected chi connectivity index (χ2v) is 8.78. The highest BCUT2D eigenvalue weighted by atomic mass is 35.5. The van der Waals surface area contributed by atoms with Crippen molar-refractivity contribution in [1.82, 2.24) is 14.9 Å². The number of piperidine rings is 1. The van der Waals surface area contributed by atoms with E-state index < -0.39 is 15.8 Å². The van der Waals surface area contributed by atoms with E-state index in [1.807, 2.05) is 0 Å². The van der Waals surface area contributed by atoms with Crippen LogP contribution in [0.5, 0.6) is 0 Å². The molecule has 0 saturated carbocycles. The summed E-state index contributed by atoms with van der Waals surface area (Å²) in [5, 5.41) is 6.26. The summed E-state index contributed by atoms with van der Waals surface area (Å²) < 4.78 is 38.9. The average Bonchev–Trinajstić information content (AvgIpc) is 2.63. The van der Waals surface area contributed by atoms with E-state index in [4.69, 9.17) is 0 Å². The summed E-state index contributed by atoms with van der Waals surface area (Å²) in [5.41, 5.74) is 0. The van der Waals surface area contributed by atoms with Gasteiger partial charge in [0.15, 0.2) is 0 Å². The van der Waals surface area contributed by atoms with Gasteiger partial charge in [-0.25, -0.2) is 17.1 Å². The van der Waals surface area contributed by atoms with Crippen molar-refractivity contribution in [2.45, 2.75) is 37.0 Å². The van der Waals surface area contributed by atoms with Crippen molar-refractivity contribution in [3.63, 3.8) is 0 Å². The third-order valence-corrected chi connectivity index (χ3v) is 6.54. The summed E-state index contributed by atoms with van der Waals surface area (Å²) in [6, 6.07) is 4.73. The van der Waals surface area contributed by atoms with Crippen LogP contribution in [-0.4, -0.2) is 51.9 Å². The van der Waals surface area contributed by atoms with Crippen LogP contribution in [0.4, 0.5) is 4.39 Å². The summed E-state index contributed by atoms with van der Waals surface area (Å²) >= 11 is 0. The van der Waals surface area contributed by atoms with Gasteiger partial charge in [-0.15, -0.1) is 12.4 Å². The summed E-state index contributed by atoms with van der Waals surface area (Å²) in [6.45, 7) is 2.99. The van der Waals surface area contributed by atoms with Crippen molar-refractivity contribution in [3.05, 3.63) is 30.1 Å². The molecule has 1 aliphatic heterocycles. The Morgan fingerprint density at radius 3 is 2.67 bits per heavy atom. The topological polar surface area (TPSA) is 78.5 Å². The number of nitrogens with zero attached hydrogens (tertiary/aromatic N) is 1. The maximum atomic E-state index is 12.9. The molecule has 1 fully saturated rings. The predicted octanol–water partition coefficient (Wildman–Crippen LogP) is 2.15. The molecule has 1 heterocycles. The van der Waals surface area contributed by atoms with Crippen LogP contribution in [0.15, 0.2) is 29.2 Å². The van der Waals surface area contributed by atoms with Crippen LogP contribution in [-0.2, 0) is 14.8 Å². The molecular weight excluding hydrogens is 393 g/mol. The third kappa shape index (κ3) is 7.73. The number of carbonyl (C=O) groups excluding carboxylic acids is 1. The zero-order valence-corrected chi connectivity index (χ0v) is 17.3. The molecule has 2 N–H and O–H groups in total. The molecule has 154 valence electrons. The minimum Gasteiger partial charge on any atom is -0.356 e. The molecule has 1 amide bonds. The van der Waals surface area contributed by atoms with Crippen LogP contribution in [0, 0.1) is 11.7 Å². The maximum Gasteiger partial charge on any atom is 0.242 e. The Bertz CT molecular complexity index is 680. The van der Waals surface area contributed by atoms with Gasteiger partial charge in [-0.05, 0) is 69.0 Å². The minimum absolute atomic E-state index is 0.